The van der Waals surface area contributed by atoms with Gasteiger partial charge in [0.15, 0.2) is 0 Å². The Morgan fingerprint density at radius 3 is 2.72 bits per heavy atom. The summed E-state index contributed by atoms with van der Waals surface area (Å²) in [4.78, 5) is 11.7. The summed E-state index contributed by atoms with van der Waals surface area (Å²) in [6, 6.07) is 14.2. The van der Waals surface area contributed by atoms with Gasteiger partial charge >= 0.3 is 0 Å². The molecule has 0 amide bonds. The molecule has 0 radical (unpaired) electrons. The van der Waals surface area contributed by atoms with Crippen LogP contribution >= 0.6 is 0 Å². The first kappa shape index (κ1) is 15.9. The van der Waals surface area contributed by atoms with Gasteiger partial charge in [-0.25, -0.2) is 14.4 Å². The van der Waals surface area contributed by atoms with Crippen LogP contribution in [0.5, 0.6) is 0 Å². The molecule has 5 nitrogen and oxygen atoms in total. The van der Waals surface area contributed by atoms with Gasteiger partial charge in [0.05, 0.1) is 25.3 Å². The molecule has 2 aromatic carbocycles. The maximum absolute atomic E-state index is 13.5. The van der Waals surface area contributed by atoms with E-state index >= 15 is 0 Å². The highest BCUT2D eigenvalue weighted by Gasteiger charge is 2.14. The van der Waals surface area contributed by atoms with Crippen LogP contribution in [0, 0.1) is 5.82 Å². The first-order valence-corrected chi connectivity index (χ1v) is 8.36. The molecule has 0 bridgehead atoms. The van der Waals surface area contributed by atoms with Gasteiger partial charge in [-0.2, -0.15) is 0 Å². The number of halogens is 1. The highest BCUT2D eigenvalue weighted by molar-refractivity contribution is 5.90. The summed E-state index contributed by atoms with van der Waals surface area (Å²) in [5, 5.41) is 4.15. The molecule has 2 heterocycles. The smallest absolute Gasteiger partial charge is 0.145 e. The topological polar surface area (TPSA) is 50.3 Å². The molecule has 0 atom stereocenters. The predicted octanol–water partition coefficient (Wildman–Crippen LogP) is 3.34. The van der Waals surface area contributed by atoms with Crippen molar-refractivity contribution in [2.75, 3.05) is 31.6 Å². The average Bonchev–Trinajstić information content (AvgIpc) is 2.63. The number of anilines is 2. The van der Waals surface area contributed by atoms with E-state index in [1.54, 1.807) is 6.07 Å². The van der Waals surface area contributed by atoms with Gasteiger partial charge in [0, 0.05) is 24.2 Å². The van der Waals surface area contributed by atoms with Gasteiger partial charge in [-0.05, 0) is 30.3 Å². The first-order valence-electron chi connectivity index (χ1n) is 8.36. The predicted molar refractivity (Wildman–Crippen MR) is 95.3 cm³/mol. The maximum atomic E-state index is 13.5. The largest absolute Gasteiger partial charge is 0.379 e. The Bertz CT molecular complexity index is 880. The van der Waals surface area contributed by atoms with Crippen LogP contribution < -0.4 is 5.32 Å². The molecule has 3 aromatic rings. The van der Waals surface area contributed by atoms with Crippen molar-refractivity contribution < 1.29 is 9.13 Å². The van der Waals surface area contributed by atoms with Crippen molar-refractivity contribution in [1.82, 2.24) is 14.9 Å². The number of fused-ring (bicyclic) bond motifs is 1. The molecule has 1 N–H and O–H groups in total. The minimum absolute atomic E-state index is 0.281. The number of aromatic nitrogens is 2. The van der Waals surface area contributed by atoms with E-state index < -0.39 is 0 Å². The number of ether oxygens (including phenoxy) is 1. The Morgan fingerprint density at radius 2 is 1.88 bits per heavy atom. The molecule has 1 fully saturated rings. The zero-order chi connectivity index (χ0) is 17.1. The van der Waals surface area contributed by atoms with Gasteiger partial charge in [-0.3, -0.25) is 4.90 Å². The minimum Gasteiger partial charge on any atom is -0.379 e. The second kappa shape index (κ2) is 7.13. The number of hydrogen-bond donors (Lipinski definition) is 1. The van der Waals surface area contributed by atoms with E-state index in [1.165, 1.54) is 12.1 Å². The summed E-state index contributed by atoms with van der Waals surface area (Å²) in [6.07, 6.45) is 0. The SMILES string of the molecule is Fc1cccc(Nc2nc(CN3CCOCC3)nc3ccccc23)c1. The first-order chi connectivity index (χ1) is 12.3. The summed E-state index contributed by atoms with van der Waals surface area (Å²) < 4.78 is 18.9. The fourth-order valence-electron chi connectivity index (χ4n) is 2.95. The van der Waals surface area contributed by atoms with E-state index in [1.807, 2.05) is 30.3 Å². The summed E-state index contributed by atoms with van der Waals surface area (Å²) in [5.41, 5.74) is 1.54. The quantitative estimate of drug-likeness (QED) is 0.791. The summed E-state index contributed by atoms with van der Waals surface area (Å²) in [6.45, 7) is 3.90. The van der Waals surface area contributed by atoms with Crippen LogP contribution in [0.3, 0.4) is 0 Å². The van der Waals surface area contributed by atoms with Crippen LogP contribution in [-0.2, 0) is 11.3 Å². The zero-order valence-corrected chi connectivity index (χ0v) is 13.8. The average molecular weight is 338 g/mol. The van der Waals surface area contributed by atoms with Gasteiger partial charge < -0.3 is 10.1 Å². The Hall–Kier alpha value is -2.57. The van der Waals surface area contributed by atoms with Crippen LogP contribution in [-0.4, -0.2) is 41.2 Å². The third kappa shape index (κ3) is 3.75. The highest BCUT2D eigenvalue weighted by atomic mass is 19.1. The molecule has 1 aliphatic rings. The zero-order valence-electron chi connectivity index (χ0n) is 13.8. The van der Waals surface area contributed by atoms with Crippen LogP contribution in [0.4, 0.5) is 15.9 Å². The second-order valence-electron chi connectivity index (χ2n) is 6.03. The van der Waals surface area contributed by atoms with Crippen LogP contribution in [0.15, 0.2) is 48.5 Å². The number of rotatable bonds is 4. The van der Waals surface area contributed by atoms with Crippen LogP contribution in [0.2, 0.25) is 0 Å². The molecule has 1 aliphatic heterocycles. The standard InChI is InChI=1S/C19H19FN4O/c20-14-4-3-5-15(12-14)21-19-16-6-1-2-7-17(16)22-18(23-19)13-24-8-10-25-11-9-24/h1-7,12H,8-11,13H2,(H,21,22,23). The van der Waals surface area contributed by atoms with Crippen LogP contribution in [0.25, 0.3) is 10.9 Å². The van der Waals surface area contributed by atoms with Crippen molar-refractivity contribution in [3.63, 3.8) is 0 Å². The monoisotopic (exact) mass is 338 g/mol. The van der Waals surface area contributed by atoms with Gasteiger partial charge in [0.25, 0.3) is 0 Å². The molecule has 0 saturated carbocycles. The third-order valence-corrected chi connectivity index (χ3v) is 4.21. The molecule has 6 heteroatoms. The van der Waals surface area contributed by atoms with Gasteiger partial charge in [-0.1, -0.05) is 18.2 Å². The molecule has 1 saturated heterocycles. The van der Waals surface area contributed by atoms with E-state index in [-0.39, 0.29) is 5.82 Å². The van der Waals surface area contributed by atoms with E-state index in [9.17, 15) is 4.39 Å². The van der Waals surface area contributed by atoms with E-state index in [2.05, 4.69) is 15.2 Å². The highest BCUT2D eigenvalue weighted by Crippen LogP contribution is 2.24. The number of benzene rings is 2. The van der Waals surface area contributed by atoms with Crippen molar-refractivity contribution in [1.29, 1.82) is 0 Å². The van der Waals surface area contributed by atoms with Crippen LogP contribution in [0.1, 0.15) is 5.82 Å². The van der Waals surface area contributed by atoms with E-state index in [0.29, 0.717) is 18.1 Å². The molecule has 128 valence electrons. The fourth-order valence-corrected chi connectivity index (χ4v) is 2.95. The number of nitrogens with one attached hydrogen (secondary N) is 1. The van der Waals surface area contributed by atoms with Crippen molar-refractivity contribution in [2.45, 2.75) is 6.54 Å². The number of para-hydroxylation sites is 1. The maximum Gasteiger partial charge on any atom is 0.145 e. The normalized spacial score (nSPS) is 15.4. The van der Waals surface area contributed by atoms with Gasteiger partial charge in [0.2, 0.25) is 0 Å². The minimum atomic E-state index is -0.281. The molecule has 25 heavy (non-hydrogen) atoms. The van der Waals surface area contributed by atoms with Gasteiger partial charge in [-0.15, -0.1) is 0 Å². The van der Waals surface area contributed by atoms with E-state index in [4.69, 9.17) is 9.72 Å². The van der Waals surface area contributed by atoms with Gasteiger partial charge in [0.1, 0.15) is 17.5 Å². The Balaban J connectivity index is 1.68. The fraction of sp³-hybridized carbons (Fsp3) is 0.263. The molecule has 0 aliphatic carbocycles. The summed E-state index contributed by atoms with van der Waals surface area (Å²) >= 11 is 0. The van der Waals surface area contributed by atoms with E-state index in [0.717, 1.165) is 43.0 Å². The summed E-state index contributed by atoms with van der Waals surface area (Å²) in [5.74, 6) is 1.16. The lowest BCUT2D eigenvalue weighted by Crippen LogP contribution is -2.36. The third-order valence-electron chi connectivity index (χ3n) is 4.21. The van der Waals surface area contributed by atoms with Crippen molar-refractivity contribution in [3.8, 4) is 0 Å². The number of morpholine rings is 1. The lowest BCUT2D eigenvalue weighted by molar-refractivity contribution is 0.0331. The molecule has 4 rings (SSSR count). The lowest BCUT2D eigenvalue weighted by atomic mass is 10.2. The Kier molecular flexibility index (Phi) is 4.54. The number of hydrogen-bond acceptors (Lipinski definition) is 5. The molecule has 0 unspecified atom stereocenters. The number of nitrogens with zero attached hydrogens (tertiary/aromatic N) is 3. The Labute approximate surface area is 145 Å². The Morgan fingerprint density at radius 1 is 1.04 bits per heavy atom. The molecule has 1 aromatic heterocycles. The summed E-state index contributed by atoms with van der Waals surface area (Å²) in [7, 11) is 0. The molecule has 0 spiro atoms. The second-order valence-corrected chi connectivity index (χ2v) is 6.03. The molecular weight excluding hydrogens is 319 g/mol. The van der Waals surface area contributed by atoms with Crippen molar-refractivity contribution in [2.24, 2.45) is 0 Å². The molecular formula is C19H19FN4O. The lowest BCUT2D eigenvalue weighted by Gasteiger charge is -2.26. The van der Waals surface area contributed by atoms with Crippen molar-refractivity contribution >= 4 is 22.4 Å². The van der Waals surface area contributed by atoms with Crippen molar-refractivity contribution in [3.05, 3.63) is 60.2 Å².